The number of carbonyl (C=O) groups excluding carboxylic acids is 1. The van der Waals surface area contributed by atoms with Crippen LogP contribution in [0.2, 0.25) is 0 Å². The highest BCUT2D eigenvalue weighted by atomic mass is 16.5. The fraction of sp³-hybridized carbons (Fsp3) is 0.500. The zero-order valence-electron chi connectivity index (χ0n) is 12.3. The van der Waals surface area contributed by atoms with E-state index < -0.39 is 23.5 Å². The second kappa shape index (κ2) is 6.16. The maximum atomic E-state index is 11.9. The fourth-order valence-corrected chi connectivity index (χ4v) is 2.97. The molecule has 3 atom stereocenters. The minimum Gasteiger partial charge on any atom is -0.481 e. The van der Waals surface area contributed by atoms with Crippen LogP contribution in [0.25, 0.3) is 0 Å². The highest BCUT2D eigenvalue weighted by Gasteiger charge is 2.49. The molecule has 1 fully saturated rings. The van der Waals surface area contributed by atoms with Gasteiger partial charge in [-0.1, -0.05) is 37.3 Å². The van der Waals surface area contributed by atoms with Crippen LogP contribution in [-0.2, 0) is 16.1 Å². The maximum Gasteiger partial charge on any atom is 0.407 e. The molecule has 2 N–H and O–H groups in total. The molecule has 1 aromatic carbocycles. The summed E-state index contributed by atoms with van der Waals surface area (Å²) in [6.07, 6.45) is 0.653. The first-order valence-corrected chi connectivity index (χ1v) is 7.12. The topological polar surface area (TPSA) is 75.6 Å². The Morgan fingerprint density at radius 3 is 2.67 bits per heavy atom. The summed E-state index contributed by atoms with van der Waals surface area (Å²) in [7, 11) is 0. The molecule has 1 aromatic rings. The Bertz CT molecular complexity index is 516. The minimum absolute atomic E-state index is 0.179. The Hall–Kier alpha value is -2.04. The molecule has 0 aliphatic heterocycles. The van der Waals surface area contributed by atoms with Crippen molar-refractivity contribution in [1.82, 2.24) is 5.32 Å². The zero-order chi connectivity index (χ0) is 15.5. The van der Waals surface area contributed by atoms with Gasteiger partial charge in [0.05, 0.1) is 5.41 Å². The molecule has 0 radical (unpaired) electrons. The summed E-state index contributed by atoms with van der Waals surface area (Å²) in [4.78, 5) is 23.3. The van der Waals surface area contributed by atoms with Gasteiger partial charge in [-0.05, 0) is 31.2 Å². The van der Waals surface area contributed by atoms with Gasteiger partial charge >= 0.3 is 12.1 Å². The normalized spacial score (nSPS) is 28.1. The number of carboxylic acid groups (broad SMARTS) is 1. The van der Waals surface area contributed by atoms with E-state index in [9.17, 15) is 14.7 Å². The van der Waals surface area contributed by atoms with E-state index in [0.717, 1.165) is 5.56 Å². The average molecular weight is 291 g/mol. The largest absolute Gasteiger partial charge is 0.481 e. The number of benzene rings is 1. The van der Waals surface area contributed by atoms with Crippen LogP contribution in [0.4, 0.5) is 4.79 Å². The SMILES string of the molecule is CC1CC(NC(=O)OCc2ccccc2)C(C)(C(=O)O)C1. The number of amides is 1. The van der Waals surface area contributed by atoms with Crippen LogP contribution < -0.4 is 5.32 Å². The van der Waals surface area contributed by atoms with Crippen LogP contribution in [0.5, 0.6) is 0 Å². The predicted molar refractivity (Wildman–Crippen MR) is 77.7 cm³/mol. The van der Waals surface area contributed by atoms with Gasteiger partial charge in [0, 0.05) is 6.04 Å². The summed E-state index contributed by atoms with van der Waals surface area (Å²) in [5.74, 6) is -0.606. The van der Waals surface area contributed by atoms with E-state index >= 15 is 0 Å². The van der Waals surface area contributed by atoms with Crippen molar-refractivity contribution in [3.8, 4) is 0 Å². The molecule has 3 unspecified atom stereocenters. The number of aliphatic carboxylic acids is 1. The van der Waals surface area contributed by atoms with Gasteiger partial charge in [0.25, 0.3) is 0 Å². The van der Waals surface area contributed by atoms with E-state index in [4.69, 9.17) is 4.74 Å². The van der Waals surface area contributed by atoms with Gasteiger partial charge in [0.15, 0.2) is 0 Å². The van der Waals surface area contributed by atoms with Crippen molar-refractivity contribution in [1.29, 1.82) is 0 Å². The minimum atomic E-state index is -0.925. The molecule has 5 heteroatoms. The first-order valence-electron chi connectivity index (χ1n) is 7.12. The van der Waals surface area contributed by atoms with Crippen molar-refractivity contribution in [2.75, 3.05) is 0 Å². The van der Waals surface area contributed by atoms with Crippen LogP contribution in [0.1, 0.15) is 32.3 Å². The Balaban J connectivity index is 1.91. The molecule has 1 amide bonds. The summed E-state index contributed by atoms with van der Waals surface area (Å²) in [6.45, 7) is 3.86. The smallest absolute Gasteiger partial charge is 0.407 e. The molecule has 0 spiro atoms. The lowest BCUT2D eigenvalue weighted by atomic mass is 9.84. The Kier molecular flexibility index (Phi) is 4.50. The van der Waals surface area contributed by atoms with E-state index in [1.165, 1.54) is 0 Å². The van der Waals surface area contributed by atoms with Crippen molar-refractivity contribution in [2.45, 2.75) is 39.3 Å². The van der Waals surface area contributed by atoms with Gasteiger partial charge in [-0.15, -0.1) is 0 Å². The molecule has 1 saturated carbocycles. The molecule has 5 nitrogen and oxygen atoms in total. The summed E-state index contributed by atoms with van der Waals surface area (Å²) in [5, 5.41) is 12.1. The summed E-state index contributed by atoms with van der Waals surface area (Å²) in [5.41, 5.74) is -0.0287. The molecule has 114 valence electrons. The van der Waals surface area contributed by atoms with Crippen LogP contribution >= 0.6 is 0 Å². The van der Waals surface area contributed by atoms with Gasteiger partial charge in [-0.2, -0.15) is 0 Å². The monoisotopic (exact) mass is 291 g/mol. The van der Waals surface area contributed by atoms with E-state index in [1.54, 1.807) is 6.92 Å². The predicted octanol–water partition coefficient (Wildman–Crippen LogP) is 2.80. The van der Waals surface area contributed by atoms with Crippen molar-refractivity contribution >= 4 is 12.1 Å². The number of hydrogen-bond donors (Lipinski definition) is 2. The quantitative estimate of drug-likeness (QED) is 0.894. The van der Waals surface area contributed by atoms with Gasteiger partial charge < -0.3 is 15.2 Å². The molecule has 21 heavy (non-hydrogen) atoms. The van der Waals surface area contributed by atoms with Gasteiger partial charge in [-0.25, -0.2) is 4.79 Å². The molecule has 0 aromatic heterocycles. The number of alkyl carbamates (subject to hydrolysis) is 1. The first-order chi connectivity index (χ1) is 9.91. The van der Waals surface area contributed by atoms with Crippen molar-refractivity contribution in [3.63, 3.8) is 0 Å². The van der Waals surface area contributed by atoms with Crippen LogP contribution in [-0.4, -0.2) is 23.2 Å². The van der Waals surface area contributed by atoms with Crippen LogP contribution in [0, 0.1) is 11.3 Å². The maximum absolute atomic E-state index is 11.9. The average Bonchev–Trinajstić information content (AvgIpc) is 2.73. The molecule has 0 saturated heterocycles. The molecular formula is C16H21NO4. The molecule has 1 aliphatic carbocycles. The number of carbonyl (C=O) groups is 2. The third-order valence-electron chi connectivity index (χ3n) is 4.17. The summed E-state index contributed by atoms with van der Waals surface area (Å²) >= 11 is 0. The molecule has 2 rings (SSSR count). The number of ether oxygens (including phenoxy) is 1. The number of nitrogens with one attached hydrogen (secondary N) is 1. The Morgan fingerprint density at radius 2 is 2.05 bits per heavy atom. The van der Waals surface area contributed by atoms with Crippen molar-refractivity contribution in [2.24, 2.45) is 11.3 Å². The van der Waals surface area contributed by atoms with Gasteiger partial charge in [-0.3, -0.25) is 4.79 Å². The molecule has 1 aliphatic rings. The van der Waals surface area contributed by atoms with Crippen LogP contribution in [0.3, 0.4) is 0 Å². The third kappa shape index (κ3) is 3.54. The Morgan fingerprint density at radius 1 is 1.38 bits per heavy atom. The fourth-order valence-electron chi connectivity index (χ4n) is 2.97. The summed E-state index contributed by atoms with van der Waals surface area (Å²) in [6, 6.07) is 8.97. The number of rotatable bonds is 4. The van der Waals surface area contributed by atoms with Crippen molar-refractivity contribution < 1.29 is 19.4 Å². The van der Waals surface area contributed by atoms with Crippen molar-refractivity contribution in [3.05, 3.63) is 35.9 Å². The van der Waals surface area contributed by atoms with E-state index in [-0.39, 0.29) is 12.5 Å². The molecule has 0 heterocycles. The first kappa shape index (κ1) is 15.4. The number of carboxylic acids is 1. The second-order valence-corrected chi connectivity index (χ2v) is 6.03. The van der Waals surface area contributed by atoms with E-state index in [1.807, 2.05) is 37.3 Å². The van der Waals surface area contributed by atoms with E-state index in [2.05, 4.69) is 5.32 Å². The molecule has 0 bridgehead atoms. The number of hydrogen-bond acceptors (Lipinski definition) is 3. The highest BCUT2D eigenvalue weighted by Crippen LogP contribution is 2.41. The highest BCUT2D eigenvalue weighted by molar-refractivity contribution is 5.77. The standard InChI is InChI=1S/C16H21NO4/c1-11-8-13(16(2,9-11)14(18)19)17-15(20)21-10-12-6-4-3-5-7-12/h3-7,11,13H,8-10H2,1-2H3,(H,17,20)(H,18,19). The second-order valence-electron chi connectivity index (χ2n) is 6.03. The van der Waals surface area contributed by atoms with Gasteiger partial charge in [0.1, 0.15) is 6.61 Å². The lowest BCUT2D eigenvalue weighted by molar-refractivity contribution is -0.148. The Labute approximate surface area is 124 Å². The lowest BCUT2D eigenvalue weighted by Gasteiger charge is -2.27. The zero-order valence-corrected chi connectivity index (χ0v) is 12.3. The van der Waals surface area contributed by atoms with Crippen LogP contribution in [0.15, 0.2) is 30.3 Å². The molecular weight excluding hydrogens is 270 g/mol. The van der Waals surface area contributed by atoms with Gasteiger partial charge in [0.2, 0.25) is 0 Å². The van der Waals surface area contributed by atoms with E-state index in [0.29, 0.717) is 12.8 Å². The third-order valence-corrected chi connectivity index (χ3v) is 4.17. The lowest BCUT2D eigenvalue weighted by Crippen LogP contribution is -2.47. The summed E-state index contributed by atoms with van der Waals surface area (Å²) < 4.78 is 5.16.